The van der Waals surface area contributed by atoms with Crippen LogP contribution in [0.4, 0.5) is 0 Å². The topological polar surface area (TPSA) is 80.3 Å². The van der Waals surface area contributed by atoms with Crippen molar-refractivity contribution < 1.29 is 47.1 Å². The molecule has 0 amide bonds. The predicted octanol–water partition coefficient (Wildman–Crippen LogP) is -2.65. The fourth-order valence-corrected chi connectivity index (χ4v) is 0.385. The van der Waals surface area contributed by atoms with Crippen LogP contribution < -0.4 is 29.6 Å². The van der Waals surface area contributed by atoms with Crippen molar-refractivity contribution in [2.75, 3.05) is 0 Å². The van der Waals surface area contributed by atoms with Gasteiger partial charge in [0.2, 0.25) is 0 Å². The molecule has 1 rings (SSSR count). The molecule has 0 aliphatic rings. The Morgan fingerprint density at radius 3 is 0.917 bits per heavy atom. The van der Waals surface area contributed by atoms with E-state index in [9.17, 15) is 0 Å². The summed E-state index contributed by atoms with van der Waals surface area (Å²) >= 11 is 0. The molecular weight excluding hydrogens is 191 g/mol. The van der Waals surface area contributed by atoms with Gasteiger partial charge in [0, 0.05) is 10.4 Å². The molecular formula is C6H6NaO4S-. The van der Waals surface area contributed by atoms with E-state index in [0.717, 1.165) is 0 Å². The second kappa shape index (κ2) is 7.72. The first-order valence-corrected chi connectivity index (χ1v) is 4.00. The second-order valence-electron chi connectivity index (χ2n) is 1.56. The zero-order valence-corrected chi connectivity index (χ0v) is 9.32. The molecule has 0 saturated carbocycles. The van der Waals surface area contributed by atoms with Crippen molar-refractivity contribution in [3.8, 4) is 0 Å². The molecule has 0 aliphatic carbocycles. The summed E-state index contributed by atoms with van der Waals surface area (Å²) in [6.45, 7) is 0. The molecule has 1 aromatic carbocycles. The van der Waals surface area contributed by atoms with Crippen LogP contribution in [0.15, 0.2) is 36.4 Å². The SMILES string of the molecule is O=S(=O)([O-])[O-].[Na+].c1ccccc1. The Hall–Kier alpha value is 0.0900. The van der Waals surface area contributed by atoms with Crippen LogP contribution in [0.25, 0.3) is 0 Å². The summed E-state index contributed by atoms with van der Waals surface area (Å²) < 4.78 is 34.1. The normalized spacial score (nSPS) is 8.83. The molecule has 0 bridgehead atoms. The number of rotatable bonds is 0. The Bertz CT molecular complexity index is 236. The van der Waals surface area contributed by atoms with E-state index in [1.165, 1.54) is 0 Å². The van der Waals surface area contributed by atoms with Gasteiger partial charge in [-0.15, -0.1) is 0 Å². The molecule has 0 radical (unpaired) electrons. The van der Waals surface area contributed by atoms with Crippen molar-refractivity contribution in [1.82, 2.24) is 0 Å². The summed E-state index contributed by atoms with van der Waals surface area (Å²) in [4.78, 5) is 0. The van der Waals surface area contributed by atoms with Gasteiger partial charge in [0.25, 0.3) is 0 Å². The molecule has 0 aromatic heterocycles. The Labute approximate surface area is 93.5 Å². The van der Waals surface area contributed by atoms with E-state index in [0.29, 0.717) is 0 Å². The summed E-state index contributed by atoms with van der Waals surface area (Å²) in [5.41, 5.74) is 0. The summed E-state index contributed by atoms with van der Waals surface area (Å²) in [7, 11) is -5.17. The van der Waals surface area contributed by atoms with E-state index in [-0.39, 0.29) is 29.6 Å². The summed E-state index contributed by atoms with van der Waals surface area (Å²) in [5.74, 6) is 0. The van der Waals surface area contributed by atoms with E-state index in [1.54, 1.807) is 0 Å². The minimum absolute atomic E-state index is 0. The zero-order chi connectivity index (χ0) is 8.74. The van der Waals surface area contributed by atoms with Crippen molar-refractivity contribution in [3.63, 3.8) is 0 Å². The van der Waals surface area contributed by atoms with E-state index >= 15 is 0 Å². The van der Waals surface area contributed by atoms with Crippen LogP contribution in [0, 0.1) is 0 Å². The fourth-order valence-electron chi connectivity index (χ4n) is 0.385. The monoisotopic (exact) mass is 197 g/mol. The third-order valence-electron chi connectivity index (χ3n) is 0.667. The van der Waals surface area contributed by atoms with Crippen molar-refractivity contribution in [2.24, 2.45) is 0 Å². The third-order valence-corrected chi connectivity index (χ3v) is 0.667. The van der Waals surface area contributed by atoms with Crippen LogP contribution >= 0.6 is 0 Å². The van der Waals surface area contributed by atoms with Gasteiger partial charge in [-0.05, 0) is 0 Å². The molecule has 0 saturated heterocycles. The second-order valence-corrected chi connectivity index (χ2v) is 2.38. The molecule has 0 N–H and O–H groups in total. The van der Waals surface area contributed by atoms with Crippen LogP contribution in [-0.4, -0.2) is 17.5 Å². The van der Waals surface area contributed by atoms with E-state index in [4.69, 9.17) is 17.5 Å². The minimum Gasteiger partial charge on any atom is -0.759 e. The van der Waals surface area contributed by atoms with Crippen LogP contribution in [0.2, 0.25) is 0 Å². The standard InChI is InChI=1S/C6H6.Na.H2O4S/c1-2-4-6-5-3-1;;1-5(2,3)4/h1-6H;;(H2,1,2,3,4)/q;+1;/p-2. The maximum absolute atomic E-state index is 8.52. The summed E-state index contributed by atoms with van der Waals surface area (Å²) in [5, 5.41) is 0. The van der Waals surface area contributed by atoms with Gasteiger partial charge in [-0.2, -0.15) is 0 Å². The summed E-state index contributed by atoms with van der Waals surface area (Å²) in [6, 6.07) is 12.0. The van der Waals surface area contributed by atoms with Crippen molar-refractivity contribution >= 4 is 10.4 Å². The number of hydrogen-bond donors (Lipinski definition) is 0. The zero-order valence-electron chi connectivity index (χ0n) is 6.51. The smallest absolute Gasteiger partial charge is 0.759 e. The van der Waals surface area contributed by atoms with Gasteiger partial charge in [0.1, 0.15) is 0 Å². The maximum atomic E-state index is 8.52. The molecule has 1 aromatic rings. The first-order valence-electron chi connectivity index (χ1n) is 2.67. The van der Waals surface area contributed by atoms with Gasteiger partial charge in [-0.25, -0.2) is 0 Å². The van der Waals surface area contributed by atoms with E-state index in [1.807, 2.05) is 36.4 Å². The summed E-state index contributed by atoms with van der Waals surface area (Å²) in [6.07, 6.45) is 0. The Kier molecular flexibility index (Phi) is 9.40. The quantitative estimate of drug-likeness (QED) is 0.258. The van der Waals surface area contributed by atoms with Gasteiger partial charge < -0.3 is 9.11 Å². The molecule has 0 heterocycles. The molecule has 0 aliphatic heterocycles. The molecule has 12 heavy (non-hydrogen) atoms. The first kappa shape index (κ1) is 14.6. The third kappa shape index (κ3) is 22.5. The molecule has 0 spiro atoms. The van der Waals surface area contributed by atoms with Crippen LogP contribution in [0.5, 0.6) is 0 Å². The molecule has 4 nitrogen and oxygen atoms in total. The number of hydrogen-bond acceptors (Lipinski definition) is 4. The first-order chi connectivity index (χ1) is 5.00. The largest absolute Gasteiger partial charge is 1.00 e. The molecule has 62 valence electrons. The molecule has 0 fully saturated rings. The van der Waals surface area contributed by atoms with Gasteiger partial charge in [-0.3, -0.25) is 8.42 Å². The fraction of sp³-hybridized carbons (Fsp3) is 0. The molecule has 0 unspecified atom stereocenters. The van der Waals surface area contributed by atoms with Gasteiger partial charge in [-0.1, -0.05) is 36.4 Å². The molecule has 0 atom stereocenters. The van der Waals surface area contributed by atoms with Crippen LogP contribution in [-0.2, 0) is 10.4 Å². The maximum Gasteiger partial charge on any atom is 1.00 e. The van der Waals surface area contributed by atoms with E-state index < -0.39 is 10.4 Å². The van der Waals surface area contributed by atoms with E-state index in [2.05, 4.69) is 0 Å². The predicted molar refractivity (Wildman–Crippen MR) is 36.9 cm³/mol. The van der Waals surface area contributed by atoms with Crippen molar-refractivity contribution in [2.45, 2.75) is 0 Å². The Morgan fingerprint density at radius 2 is 0.833 bits per heavy atom. The Morgan fingerprint density at radius 1 is 0.750 bits per heavy atom. The van der Waals surface area contributed by atoms with Gasteiger partial charge in [0.05, 0.1) is 0 Å². The molecule has 6 heteroatoms. The minimum atomic E-state index is -5.17. The average Bonchev–Trinajstić information content (AvgIpc) is 1.88. The van der Waals surface area contributed by atoms with Gasteiger partial charge in [0.15, 0.2) is 0 Å². The Balaban J connectivity index is 0. The van der Waals surface area contributed by atoms with Crippen molar-refractivity contribution in [1.29, 1.82) is 0 Å². The van der Waals surface area contributed by atoms with Crippen LogP contribution in [0.1, 0.15) is 0 Å². The van der Waals surface area contributed by atoms with Crippen molar-refractivity contribution in [3.05, 3.63) is 36.4 Å². The average molecular weight is 197 g/mol. The van der Waals surface area contributed by atoms with Crippen LogP contribution in [0.3, 0.4) is 0 Å². The number of benzene rings is 1. The van der Waals surface area contributed by atoms with Gasteiger partial charge >= 0.3 is 29.6 Å².